The molecule has 0 amide bonds. The molecule has 2 heteroatoms. The highest BCUT2D eigenvalue weighted by Crippen LogP contribution is 2.40. The highest BCUT2D eigenvalue weighted by atomic mass is 31.2. The Morgan fingerprint density at radius 3 is 1.11 bits per heavy atom. The van der Waals surface area contributed by atoms with Gasteiger partial charge in [-0.2, -0.15) is 22.7 Å². The van der Waals surface area contributed by atoms with Crippen molar-refractivity contribution in [3.63, 3.8) is 0 Å². The summed E-state index contributed by atoms with van der Waals surface area (Å²) in [5.74, 6) is 0. The second kappa shape index (κ2) is 10.6. The molecule has 0 saturated carbocycles. The van der Waals surface area contributed by atoms with Gasteiger partial charge in [0, 0.05) is 33.9 Å². The van der Waals surface area contributed by atoms with Crippen LogP contribution in [0.25, 0.3) is 0 Å². The smallest absolute Gasteiger partial charge is 0.0814 e. The number of rotatable bonds is 6. The number of unbranched alkanes of at least 4 members (excludes halogenated alkanes) is 1. The molecule has 0 N–H and O–H groups in total. The third kappa shape index (κ3) is 6.35. The first kappa shape index (κ1) is 22.4. The van der Waals surface area contributed by atoms with E-state index in [0.29, 0.717) is 0 Å². The Balaban J connectivity index is 0.000000500. The zero-order chi connectivity index (χ0) is 20.5. The van der Waals surface area contributed by atoms with Crippen LogP contribution in [0, 0.1) is 0 Å². The molecule has 0 radical (unpaired) electrons. The van der Waals surface area contributed by atoms with E-state index in [9.17, 15) is 0 Å². The lowest BCUT2D eigenvalue weighted by atomic mass is 9.14. The summed E-state index contributed by atoms with van der Waals surface area (Å²) in [6.45, 7) is 11.5. The van der Waals surface area contributed by atoms with Crippen LogP contribution in [-0.2, 0) is 0 Å². The summed E-state index contributed by atoms with van der Waals surface area (Å²) in [4.78, 5) is 0. The van der Waals surface area contributed by atoms with Crippen molar-refractivity contribution in [1.82, 2.24) is 0 Å². The highest BCUT2D eigenvalue weighted by molar-refractivity contribution is 7.73. The Morgan fingerprint density at radius 1 is 0.571 bits per heavy atom. The van der Waals surface area contributed by atoms with Gasteiger partial charge in [0.05, 0.1) is 6.15 Å². The molecule has 0 bridgehead atoms. The zero-order valence-corrected chi connectivity index (χ0v) is 19.2. The van der Waals surface area contributed by atoms with E-state index in [0.717, 1.165) is 0 Å². The van der Waals surface area contributed by atoms with Crippen LogP contribution in [-0.4, -0.2) is 32.8 Å². The first-order valence-electron chi connectivity index (χ1n) is 10.5. The van der Waals surface area contributed by atoms with Crippen molar-refractivity contribution in [2.75, 3.05) is 26.7 Å². The minimum atomic E-state index is -0.913. The van der Waals surface area contributed by atoms with Gasteiger partial charge in [-0.15, -0.1) is 0 Å². The maximum Gasteiger partial charge on any atom is 0.0814 e. The van der Waals surface area contributed by atoms with Gasteiger partial charge in [0.15, 0.2) is 0 Å². The van der Waals surface area contributed by atoms with Gasteiger partial charge in [-0.25, -0.2) is 0 Å². The molecule has 0 aliphatic heterocycles. The van der Waals surface area contributed by atoms with E-state index in [2.05, 4.69) is 125 Å². The molecule has 0 nitrogen and oxygen atoms in total. The van der Waals surface area contributed by atoms with E-state index >= 15 is 0 Å². The Kier molecular flexibility index (Phi) is 8.52. The summed E-state index contributed by atoms with van der Waals surface area (Å²) in [5, 5.41) is 0. The van der Waals surface area contributed by atoms with Crippen molar-refractivity contribution in [3.8, 4) is 0 Å². The average Bonchev–Trinajstić information content (AvgIpc) is 2.70. The molecular formula is C26H36BP. The van der Waals surface area contributed by atoms with E-state index in [4.69, 9.17) is 0 Å². The molecule has 0 heterocycles. The Morgan fingerprint density at radius 2 is 0.857 bits per heavy atom. The molecule has 3 rings (SSSR count). The number of hydrogen-bond acceptors (Lipinski definition) is 0. The maximum absolute atomic E-state index is 2.30. The van der Waals surface area contributed by atoms with Crippen molar-refractivity contribution >= 4 is 29.8 Å². The van der Waals surface area contributed by atoms with Gasteiger partial charge in [0.1, 0.15) is 0 Å². The minimum Gasteiger partial charge on any atom is -0.200 e. The fourth-order valence-electron chi connectivity index (χ4n) is 3.93. The Hall–Kier alpha value is -1.85. The second-order valence-corrected chi connectivity index (χ2v) is 14.5. The predicted molar refractivity (Wildman–Crippen MR) is 134 cm³/mol. The first-order chi connectivity index (χ1) is 13.4. The van der Waals surface area contributed by atoms with Gasteiger partial charge >= 0.3 is 0 Å². The monoisotopic (exact) mass is 390 g/mol. The van der Waals surface area contributed by atoms with E-state index in [1.54, 1.807) is 0 Å². The van der Waals surface area contributed by atoms with Crippen LogP contribution in [0.5, 0.6) is 0 Å². The van der Waals surface area contributed by atoms with Gasteiger partial charge in [-0.3, -0.25) is 0 Å². The first-order valence-corrected chi connectivity index (χ1v) is 14.1. The van der Waals surface area contributed by atoms with Crippen LogP contribution in [0.3, 0.4) is 0 Å². The third-order valence-electron chi connectivity index (χ3n) is 5.10. The fourth-order valence-corrected chi connectivity index (χ4v) is 3.93. The molecule has 0 aromatic heterocycles. The molecule has 0 fully saturated rings. The normalized spacial score (nSPS) is 11.5. The van der Waals surface area contributed by atoms with Crippen molar-refractivity contribution in [1.29, 1.82) is 0 Å². The van der Waals surface area contributed by atoms with Gasteiger partial charge in [-0.05, 0) is 0 Å². The van der Waals surface area contributed by atoms with Crippen molar-refractivity contribution in [3.05, 3.63) is 91.0 Å². The SMILES string of the molecule is CCCC[B-](c1ccccc1)(c1ccccc1)c1ccccc1.C[P+](C)(C)C. The number of benzene rings is 3. The van der Waals surface area contributed by atoms with Gasteiger partial charge in [0.25, 0.3) is 0 Å². The molecule has 0 aliphatic rings. The summed E-state index contributed by atoms with van der Waals surface area (Å²) in [7, 11) is -0.389. The van der Waals surface area contributed by atoms with Crippen molar-refractivity contribution < 1.29 is 0 Å². The van der Waals surface area contributed by atoms with Gasteiger partial charge < -0.3 is 0 Å². The summed E-state index contributed by atoms with van der Waals surface area (Å²) >= 11 is 0. The highest BCUT2D eigenvalue weighted by Gasteiger charge is 2.28. The molecule has 3 aromatic rings. The molecule has 0 unspecified atom stereocenters. The molecule has 28 heavy (non-hydrogen) atoms. The summed E-state index contributed by atoms with van der Waals surface area (Å²) in [6, 6.07) is 33.2. The van der Waals surface area contributed by atoms with Gasteiger partial charge in [0.2, 0.25) is 0 Å². The molecule has 148 valence electrons. The van der Waals surface area contributed by atoms with Crippen molar-refractivity contribution in [2.45, 2.75) is 26.1 Å². The Labute approximate surface area is 173 Å². The molecule has 0 aliphatic carbocycles. The predicted octanol–water partition coefficient (Wildman–Crippen LogP) is 5.48. The van der Waals surface area contributed by atoms with Crippen LogP contribution < -0.4 is 16.4 Å². The molecule has 3 aromatic carbocycles. The average molecular weight is 390 g/mol. The van der Waals surface area contributed by atoms with E-state index in [1.165, 1.54) is 35.6 Å². The topological polar surface area (TPSA) is 0 Å². The third-order valence-corrected chi connectivity index (χ3v) is 5.10. The standard InChI is InChI=1S/C22H24B.C4H12P/c1-2-3-19-23(20-13-7-4-8-14-20,21-15-9-5-10-16-21)22-17-11-6-12-18-22;1-5(2,3)4/h4-18H,2-3,19H2,1H3;1-4H3/q-1;+1. The summed E-state index contributed by atoms with van der Waals surface area (Å²) < 4.78 is 0. The lowest BCUT2D eigenvalue weighted by Gasteiger charge is -2.43. The quantitative estimate of drug-likeness (QED) is 0.386. The summed E-state index contributed by atoms with van der Waals surface area (Å²) in [5.41, 5.74) is 4.33. The lowest BCUT2D eigenvalue weighted by molar-refractivity contribution is 0.874. The van der Waals surface area contributed by atoms with Crippen LogP contribution in [0.4, 0.5) is 0 Å². The number of hydrogen-bond donors (Lipinski definition) is 0. The van der Waals surface area contributed by atoms with Gasteiger partial charge in [-0.1, -0.05) is 111 Å². The van der Waals surface area contributed by atoms with Crippen LogP contribution in [0.1, 0.15) is 19.8 Å². The molecular weight excluding hydrogens is 354 g/mol. The lowest BCUT2D eigenvalue weighted by Crippen LogP contribution is -2.66. The Bertz CT molecular complexity index is 689. The second-order valence-electron chi connectivity index (χ2n) is 9.10. The van der Waals surface area contributed by atoms with E-state index in [1.807, 2.05) is 0 Å². The van der Waals surface area contributed by atoms with E-state index in [-0.39, 0.29) is 7.26 Å². The molecule has 0 spiro atoms. The zero-order valence-electron chi connectivity index (χ0n) is 18.3. The minimum absolute atomic E-state index is 0.389. The van der Waals surface area contributed by atoms with Crippen LogP contribution in [0.15, 0.2) is 91.0 Å². The van der Waals surface area contributed by atoms with Crippen molar-refractivity contribution in [2.24, 2.45) is 0 Å². The summed E-state index contributed by atoms with van der Waals surface area (Å²) in [6.07, 6.45) is 2.73. The van der Waals surface area contributed by atoms with E-state index < -0.39 is 6.15 Å². The molecule has 0 saturated heterocycles. The largest absolute Gasteiger partial charge is 0.200 e. The fraction of sp³-hybridized carbons (Fsp3) is 0.308. The van der Waals surface area contributed by atoms with Crippen LogP contribution >= 0.6 is 7.26 Å². The van der Waals surface area contributed by atoms with Crippen LogP contribution in [0.2, 0.25) is 6.32 Å². The maximum atomic E-state index is 2.30. The molecule has 0 atom stereocenters.